The van der Waals surface area contributed by atoms with Gasteiger partial charge in [-0.1, -0.05) is 18.9 Å². The number of halogens is 3. The highest BCUT2D eigenvalue weighted by Gasteiger charge is 2.32. The maximum absolute atomic E-state index is 12.5. The number of likely N-dealkylation sites (tertiary alicyclic amines) is 1. The molecular weight excluding hydrogens is 267 g/mol. The number of nitrogens with zero attached hydrogens (tertiary/aromatic N) is 2. The molecule has 1 fully saturated rings. The van der Waals surface area contributed by atoms with Crippen molar-refractivity contribution >= 4 is 5.82 Å². The molecule has 112 valence electrons. The molecule has 3 nitrogen and oxygen atoms in total. The van der Waals surface area contributed by atoms with E-state index in [1.807, 2.05) is 0 Å². The molecule has 1 aliphatic rings. The number of anilines is 1. The Morgan fingerprint density at radius 3 is 2.45 bits per heavy atom. The molecule has 1 N–H and O–H groups in total. The number of pyridine rings is 1. The molecule has 1 aromatic heterocycles. The molecule has 0 spiro atoms. The third kappa shape index (κ3) is 4.67. The van der Waals surface area contributed by atoms with Crippen LogP contribution in [-0.2, 0) is 6.18 Å². The molecule has 2 rings (SSSR count). The van der Waals surface area contributed by atoms with E-state index in [9.17, 15) is 13.2 Å². The van der Waals surface area contributed by atoms with Gasteiger partial charge in [-0.25, -0.2) is 4.98 Å². The molecule has 1 aromatic rings. The number of hydrogen-bond acceptors (Lipinski definition) is 3. The normalized spacial score (nSPS) is 17.8. The fourth-order valence-electron chi connectivity index (χ4n) is 2.39. The van der Waals surface area contributed by atoms with Gasteiger partial charge in [0.1, 0.15) is 11.5 Å². The average molecular weight is 287 g/mol. The van der Waals surface area contributed by atoms with E-state index >= 15 is 0 Å². The van der Waals surface area contributed by atoms with Crippen molar-refractivity contribution in [3.05, 3.63) is 23.9 Å². The van der Waals surface area contributed by atoms with Gasteiger partial charge in [-0.15, -0.1) is 0 Å². The van der Waals surface area contributed by atoms with Crippen LogP contribution >= 0.6 is 0 Å². The van der Waals surface area contributed by atoms with Crippen molar-refractivity contribution < 1.29 is 13.2 Å². The first kappa shape index (κ1) is 15.1. The van der Waals surface area contributed by atoms with Crippen LogP contribution in [0, 0.1) is 0 Å². The van der Waals surface area contributed by atoms with Crippen LogP contribution in [0.3, 0.4) is 0 Å². The molecule has 0 unspecified atom stereocenters. The van der Waals surface area contributed by atoms with Crippen LogP contribution in [0.4, 0.5) is 19.0 Å². The van der Waals surface area contributed by atoms with E-state index in [0.717, 1.165) is 25.7 Å². The summed E-state index contributed by atoms with van der Waals surface area (Å²) in [4.78, 5) is 5.95. The second-order valence-corrected chi connectivity index (χ2v) is 5.09. The topological polar surface area (TPSA) is 28.2 Å². The molecule has 0 aliphatic carbocycles. The van der Waals surface area contributed by atoms with Gasteiger partial charge in [0, 0.05) is 13.1 Å². The standard InChI is InChI=1S/C14H20F3N3/c15-14(16,17)12-6-5-7-13(19-12)18-8-11-20-9-3-1-2-4-10-20/h5-7H,1-4,8-11H2,(H,18,19). The first-order chi connectivity index (χ1) is 9.55. The third-order valence-corrected chi connectivity index (χ3v) is 3.47. The molecule has 0 atom stereocenters. The molecule has 0 radical (unpaired) electrons. The summed E-state index contributed by atoms with van der Waals surface area (Å²) >= 11 is 0. The summed E-state index contributed by atoms with van der Waals surface area (Å²) in [6, 6.07) is 3.93. The second-order valence-electron chi connectivity index (χ2n) is 5.09. The summed E-state index contributed by atoms with van der Waals surface area (Å²) in [7, 11) is 0. The predicted octanol–water partition coefficient (Wildman–Crippen LogP) is 3.39. The Hall–Kier alpha value is -1.30. The van der Waals surface area contributed by atoms with Crippen molar-refractivity contribution in [2.45, 2.75) is 31.9 Å². The van der Waals surface area contributed by atoms with Gasteiger partial charge in [0.15, 0.2) is 0 Å². The molecule has 1 saturated heterocycles. The summed E-state index contributed by atoms with van der Waals surface area (Å²) < 4.78 is 37.6. The molecule has 2 heterocycles. The highest BCUT2D eigenvalue weighted by molar-refractivity contribution is 5.35. The SMILES string of the molecule is FC(F)(F)c1cccc(NCCN2CCCCCC2)n1. The van der Waals surface area contributed by atoms with E-state index in [1.54, 1.807) is 6.07 Å². The smallest absolute Gasteiger partial charge is 0.369 e. The maximum Gasteiger partial charge on any atom is 0.433 e. The quantitative estimate of drug-likeness (QED) is 0.920. The fourth-order valence-corrected chi connectivity index (χ4v) is 2.39. The van der Waals surface area contributed by atoms with Gasteiger partial charge in [-0.2, -0.15) is 13.2 Å². The Bertz CT molecular complexity index is 412. The van der Waals surface area contributed by atoms with E-state index in [0.29, 0.717) is 6.54 Å². The number of hydrogen-bond donors (Lipinski definition) is 1. The van der Waals surface area contributed by atoms with Gasteiger partial charge >= 0.3 is 6.18 Å². The van der Waals surface area contributed by atoms with E-state index in [2.05, 4.69) is 15.2 Å². The molecule has 0 amide bonds. The zero-order chi connectivity index (χ0) is 14.4. The van der Waals surface area contributed by atoms with Gasteiger partial charge in [0.25, 0.3) is 0 Å². The van der Waals surface area contributed by atoms with Crippen molar-refractivity contribution in [1.82, 2.24) is 9.88 Å². The Morgan fingerprint density at radius 1 is 1.10 bits per heavy atom. The van der Waals surface area contributed by atoms with Gasteiger partial charge in [0.2, 0.25) is 0 Å². The summed E-state index contributed by atoms with van der Waals surface area (Å²) in [5.41, 5.74) is -0.850. The van der Waals surface area contributed by atoms with E-state index in [1.165, 1.54) is 31.7 Å². The zero-order valence-corrected chi connectivity index (χ0v) is 11.4. The number of alkyl halides is 3. The Morgan fingerprint density at radius 2 is 1.80 bits per heavy atom. The van der Waals surface area contributed by atoms with E-state index in [4.69, 9.17) is 0 Å². The monoisotopic (exact) mass is 287 g/mol. The van der Waals surface area contributed by atoms with Crippen molar-refractivity contribution in [3.63, 3.8) is 0 Å². The number of aromatic nitrogens is 1. The van der Waals surface area contributed by atoms with Crippen LogP contribution in [0.15, 0.2) is 18.2 Å². The van der Waals surface area contributed by atoms with Gasteiger partial charge in [0.05, 0.1) is 0 Å². The van der Waals surface area contributed by atoms with E-state index < -0.39 is 11.9 Å². The molecular formula is C14H20F3N3. The Balaban J connectivity index is 1.81. The lowest BCUT2D eigenvalue weighted by atomic mass is 10.2. The van der Waals surface area contributed by atoms with Gasteiger partial charge < -0.3 is 10.2 Å². The lowest BCUT2D eigenvalue weighted by molar-refractivity contribution is -0.141. The van der Waals surface area contributed by atoms with Gasteiger partial charge in [-0.3, -0.25) is 0 Å². The molecule has 6 heteroatoms. The zero-order valence-electron chi connectivity index (χ0n) is 11.4. The number of rotatable bonds is 4. The van der Waals surface area contributed by atoms with Crippen molar-refractivity contribution in [3.8, 4) is 0 Å². The summed E-state index contributed by atoms with van der Waals surface area (Å²) in [6.07, 6.45) is 0.588. The molecule has 20 heavy (non-hydrogen) atoms. The maximum atomic E-state index is 12.5. The van der Waals surface area contributed by atoms with Gasteiger partial charge in [-0.05, 0) is 38.1 Å². The first-order valence-corrected chi connectivity index (χ1v) is 7.06. The van der Waals surface area contributed by atoms with E-state index in [-0.39, 0.29) is 5.82 Å². The molecule has 0 saturated carbocycles. The molecule has 0 bridgehead atoms. The minimum absolute atomic E-state index is 0.287. The summed E-state index contributed by atoms with van der Waals surface area (Å²) in [5.74, 6) is 0.287. The minimum atomic E-state index is -4.39. The Kier molecular flexibility index (Phi) is 5.23. The van der Waals surface area contributed by atoms with Crippen LogP contribution in [-0.4, -0.2) is 36.1 Å². The summed E-state index contributed by atoms with van der Waals surface area (Å²) in [6.45, 7) is 3.63. The van der Waals surface area contributed by atoms with Crippen LogP contribution < -0.4 is 5.32 Å². The summed E-state index contributed by atoms with van der Waals surface area (Å²) in [5, 5.41) is 2.97. The van der Waals surface area contributed by atoms with Crippen LogP contribution in [0.1, 0.15) is 31.4 Å². The van der Waals surface area contributed by atoms with Crippen molar-refractivity contribution in [1.29, 1.82) is 0 Å². The highest BCUT2D eigenvalue weighted by atomic mass is 19.4. The third-order valence-electron chi connectivity index (χ3n) is 3.47. The van der Waals surface area contributed by atoms with Crippen LogP contribution in [0.5, 0.6) is 0 Å². The second kappa shape index (κ2) is 6.92. The van der Waals surface area contributed by atoms with Crippen LogP contribution in [0.25, 0.3) is 0 Å². The Labute approximate surface area is 117 Å². The lowest BCUT2D eigenvalue weighted by Gasteiger charge is -2.20. The lowest BCUT2D eigenvalue weighted by Crippen LogP contribution is -2.30. The van der Waals surface area contributed by atoms with Crippen molar-refractivity contribution in [2.75, 3.05) is 31.5 Å². The minimum Gasteiger partial charge on any atom is -0.369 e. The fraction of sp³-hybridized carbons (Fsp3) is 0.643. The largest absolute Gasteiger partial charge is 0.433 e. The molecule has 1 aliphatic heterocycles. The van der Waals surface area contributed by atoms with Crippen LogP contribution in [0.2, 0.25) is 0 Å². The predicted molar refractivity (Wildman–Crippen MR) is 72.6 cm³/mol. The highest BCUT2D eigenvalue weighted by Crippen LogP contribution is 2.28. The first-order valence-electron chi connectivity index (χ1n) is 7.06. The average Bonchev–Trinajstić information content (AvgIpc) is 2.67. The van der Waals surface area contributed by atoms with Crippen molar-refractivity contribution in [2.24, 2.45) is 0 Å². The molecule has 0 aromatic carbocycles. The number of nitrogens with one attached hydrogen (secondary N) is 1.